The number of hydrogen-bond donors (Lipinski definition) is 0. The topological polar surface area (TPSA) is 52.6 Å². The van der Waals surface area contributed by atoms with E-state index in [4.69, 9.17) is 9.47 Å². The van der Waals surface area contributed by atoms with E-state index in [2.05, 4.69) is 32.9 Å². The van der Waals surface area contributed by atoms with Crippen LogP contribution in [0, 0.1) is 20.8 Å². The van der Waals surface area contributed by atoms with E-state index in [9.17, 15) is 9.59 Å². The maximum atomic E-state index is 11.5. The summed E-state index contributed by atoms with van der Waals surface area (Å²) in [6.45, 7) is 6.25. The quantitative estimate of drug-likeness (QED) is 0.571. The number of carbonyl (C=O) groups is 2. The molecule has 0 saturated carbocycles. The molecule has 0 bridgehead atoms. The van der Waals surface area contributed by atoms with Gasteiger partial charge in [-0.25, -0.2) is 0 Å². The number of benzene rings is 1. The minimum atomic E-state index is -0.210. The number of esters is 2. The molecule has 0 radical (unpaired) electrons. The highest BCUT2D eigenvalue weighted by molar-refractivity contribution is 7.97. The molecule has 0 aliphatic carbocycles. The van der Waals surface area contributed by atoms with Crippen LogP contribution in [0.25, 0.3) is 0 Å². The van der Waals surface area contributed by atoms with Gasteiger partial charge in [-0.05, 0) is 20.8 Å². The largest absolute Gasteiger partial charge is 0.469 e. The van der Waals surface area contributed by atoms with Crippen molar-refractivity contribution in [1.82, 2.24) is 0 Å². The normalized spacial score (nSPS) is 10.6. The number of rotatable bonds is 7. The Morgan fingerprint density at radius 3 is 1.68 bits per heavy atom. The zero-order valence-electron chi connectivity index (χ0n) is 14.0. The van der Waals surface area contributed by atoms with E-state index in [0.29, 0.717) is 24.3 Å². The molecule has 4 nitrogen and oxygen atoms in total. The summed E-state index contributed by atoms with van der Waals surface area (Å²) in [4.78, 5) is 24.2. The fourth-order valence-electron chi connectivity index (χ4n) is 2.55. The van der Waals surface area contributed by atoms with Crippen molar-refractivity contribution in [2.45, 2.75) is 38.5 Å². The number of ether oxygens (including phenoxy) is 2. The van der Waals surface area contributed by atoms with Crippen molar-refractivity contribution >= 4 is 22.8 Å². The van der Waals surface area contributed by atoms with Crippen LogP contribution in [0.2, 0.25) is 0 Å². The molecule has 0 aliphatic rings. The Labute approximate surface area is 135 Å². The van der Waals surface area contributed by atoms with Crippen LogP contribution in [-0.4, -0.2) is 37.7 Å². The molecule has 1 aromatic rings. The van der Waals surface area contributed by atoms with Gasteiger partial charge in [-0.1, -0.05) is 17.7 Å². The van der Waals surface area contributed by atoms with Gasteiger partial charge in [0.1, 0.15) is 11.5 Å². The number of hydrogen-bond acceptors (Lipinski definition) is 4. The molecule has 22 heavy (non-hydrogen) atoms. The molecular weight excluding hydrogens is 300 g/mol. The lowest BCUT2D eigenvalue weighted by molar-refractivity contribution is -0.140. The summed E-state index contributed by atoms with van der Waals surface area (Å²) in [5, 5.41) is 0. The van der Waals surface area contributed by atoms with Crippen LogP contribution in [0.15, 0.2) is 17.0 Å². The monoisotopic (exact) mass is 325 g/mol. The Balaban J connectivity index is 2.98. The van der Waals surface area contributed by atoms with Crippen LogP contribution in [0.1, 0.15) is 29.5 Å². The van der Waals surface area contributed by atoms with Crippen LogP contribution in [-0.2, 0) is 30.0 Å². The molecule has 0 heterocycles. The van der Waals surface area contributed by atoms with Gasteiger partial charge >= 0.3 is 11.9 Å². The van der Waals surface area contributed by atoms with Gasteiger partial charge in [0.2, 0.25) is 0 Å². The maximum Gasteiger partial charge on any atom is 0.310 e. The highest BCUT2D eigenvalue weighted by Crippen LogP contribution is 2.26. The van der Waals surface area contributed by atoms with Crippen molar-refractivity contribution in [1.29, 1.82) is 0 Å². The van der Waals surface area contributed by atoms with Gasteiger partial charge in [-0.15, -0.1) is 0 Å². The SMILES string of the molecule is COC(=O)CC[S+](CCC(=O)OC)c1c(C)cc(C)cc1C. The first-order valence-electron chi connectivity index (χ1n) is 7.28. The third-order valence-corrected chi connectivity index (χ3v) is 6.07. The van der Waals surface area contributed by atoms with Crippen molar-refractivity contribution in [3.63, 3.8) is 0 Å². The molecule has 0 amide bonds. The molecule has 5 heteroatoms. The average Bonchev–Trinajstić information content (AvgIpc) is 2.47. The van der Waals surface area contributed by atoms with Crippen LogP contribution in [0.3, 0.4) is 0 Å². The highest BCUT2D eigenvalue weighted by atomic mass is 32.2. The number of aryl methyl sites for hydroxylation is 3. The average molecular weight is 325 g/mol. The Morgan fingerprint density at radius 1 is 0.909 bits per heavy atom. The molecular formula is C17H25O4S+. The first kappa shape index (κ1) is 18.6. The van der Waals surface area contributed by atoms with Crippen molar-refractivity contribution in [2.24, 2.45) is 0 Å². The molecule has 0 fully saturated rings. The van der Waals surface area contributed by atoms with Gasteiger partial charge in [-0.2, -0.15) is 0 Å². The van der Waals surface area contributed by atoms with Gasteiger partial charge in [-0.3, -0.25) is 9.59 Å². The second-order valence-corrected chi connectivity index (χ2v) is 7.49. The summed E-state index contributed by atoms with van der Waals surface area (Å²) in [6.07, 6.45) is 0.737. The molecule has 0 N–H and O–H groups in total. The third kappa shape index (κ3) is 5.37. The highest BCUT2D eigenvalue weighted by Gasteiger charge is 2.28. The van der Waals surface area contributed by atoms with E-state index in [0.717, 1.165) is 0 Å². The molecule has 0 aliphatic heterocycles. The minimum absolute atomic E-state index is 0.165. The lowest BCUT2D eigenvalue weighted by Gasteiger charge is -2.13. The van der Waals surface area contributed by atoms with Crippen LogP contribution < -0.4 is 0 Å². The Hall–Kier alpha value is -1.49. The zero-order valence-corrected chi connectivity index (χ0v) is 14.8. The molecule has 0 unspecified atom stereocenters. The Morgan fingerprint density at radius 2 is 1.32 bits per heavy atom. The predicted molar refractivity (Wildman–Crippen MR) is 89.3 cm³/mol. The summed E-state index contributed by atoms with van der Waals surface area (Å²) >= 11 is 0. The Kier molecular flexibility index (Phi) is 7.45. The second kappa shape index (κ2) is 8.83. The van der Waals surface area contributed by atoms with E-state index < -0.39 is 0 Å². The zero-order chi connectivity index (χ0) is 16.7. The standard InChI is InChI=1S/C17H25O4S/c1-12-10-13(2)17(14(3)11-12)22(8-6-15(18)20-4)9-7-16(19)21-5/h10-11H,6-9H2,1-5H3/q+1. The summed E-state index contributed by atoms with van der Waals surface area (Å²) < 4.78 is 9.47. The van der Waals surface area contributed by atoms with E-state index >= 15 is 0 Å². The summed E-state index contributed by atoms with van der Waals surface area (Å²) in [7, 11) is 2.63. The third-order valence-electron chi connectivity index (χ3n) is 3.45. The van der Waals surface area contributed by atoms with Crippen molar-refractivity contribution in [2.75, 3.05) is 25.7 Å². The van der Waals surface area contributed by atoms with Crippen molar-refractivity contribution in [3.05, 3.63) is 28.8 Å². The lowest BCUT2D eigenvalue weighted by atomic mass is 10.1. The van der Waals surface area contributed by atoms with E-state index in [1.54, 1.807) is 0 Å². The smallest absolute Gasteiger partial charge is 0.310 e. The van der Waals surface area contributed by atoms with Crippen LogP contribution in [0.5, 0.6) is 0 Å². The molecule has 0 aromatic heterocycles. The first-order chi connectivity index (χ1) is 10.4. The summed E-state index contributed by atoms with van der Waals surface area (Å²) in [6, 6.07) is 4.30. The molecule has 0 atom stereocenters. The molecule has 0 spiro atoms. The minimum Gasteiger partial charge on any atom is -0.469 e. The first-order valence-corrected chi connectivity index (χ1v) is 8.84. The van der Waals surface area contributed by atoms with Crippen molar-refractivity contribution in [3.8, 4) is 0 Å². The summed E-state index contributed by atoms with van der Waals surface area (Å²) in [5.74, 6) is 0.985. The molecule has 1 rings (SSSR count). The molecule has 122 valence electrons. The van der Waals surface area contributed by atoms with Gasteiger partial charge in [0.25, 0.3) is 0 Å². The van der Waals surface area contributed by atoms with E-state index in [1.807, 2.05) is 0 Å². The fraction of sp³-hybridized carbons (Fsp3) is 0.529. The Bertz CT molecular complexity index is 496. The fourth-order valence-corrected chi connectivity index (χ4v) is 5.01. The lowest BCUT2D eigenvalue weighted by Crippen LogP contribution is -2.20. The van der Waals surface area contributed by atoms with Gasteiger partial charge in [0.15, 0.2) is 4.90 Å². The van der Waals surface area contributed by atoms with E-state index in [-0.39, 0.29) is 22.8 Å². The van der Waals surface area contributed by atoms with Gasteiger partial charge in [0.05, 0.1) is 27.1 Å². The molecule has 1 aromatic carbocycles. The van der Waals surface area contributed by atoms with Crippen molar-refractivity contribution < 1.29 is 19.1 Å². The second-order valence-electron chi connectivity index (χ2n) is 5.28. The summed E-state index contributed by atoms with van der Waals surface area (Å²) in [5.41, 5.74) is 3.66. The van der Waals surface area contributed by atoms with Crippen LogP contribution >= 0.6 is 0 Å². The van der Waals surface area contributed by atoms with Gasteiger partial charge < -0.3 is 9.47 Å². The molecule has 0 saturated heterocycles. The number of carbonyl (C=O) groups excluding carboxylic acids is 2. The van der Waals surface area contributed by atoms with Crippen LogP contribution in [0.4, 0.5) is 0 Å². The number of methoxy groups -OCH3 is 2. The maximum absolute atomic E-state index is 11.5. The predicted octanol–water partition coefficient (Wildman–Crippen LogP) is 2.72. The van der Waals surface area contributed by atoms with Gasteiger partial charge in [0, 0.05) is 22.0 Å². The van der Waals surface area contributed by atoms with E-state index in [1.165, 1.54) is 35.8 Å².